The van der Waals surface area contributed by atoms with Gasteiger partial charge in [0, 0.05) is 24.0 Å². The highest BCUT2D eigenvalue weighted by atomic mass is 15.0. The number of nitrogens with zero attached hydrogens (tertiary/aromatic N) is 1. The summed E-state index contributed by atoms with van der Waals surface area (Å²) in [6.07, 6.45) is 8.39. The van der Waals surface area contributed by atoms with Gasteiger partial charge in [-0.1, -0.05) is 26.2 Å². The van der Waals surface area contributed by atoms with Crippen LogP contribution in [0.4, 0.5) is 11.5 Å². The first kappa shape index (κ1) is 11.2. The van der Waals surface area contributed by atoms with Crippen molar-refractivity contribution < 1.29 is 0 Å². The fraction of sp³-hybridized carbons (Fsp3) is 0.615. The SMILES string of the molecule is CC1CCCCCC1Nc1cc(N)ccn1. The Kier molecular flexibility index (Phi) is 3.65. The predicted octanol–water partition coefficient (Wildman–Crippen LogP) is 3.04. The van der Waals surface area contributed by atoms with E-state index < -0.39 is 0 Å². The van der Waals surface area contributed by atoms with Gasteiger partial charge in [0.05, 0.1) is 0 Å². The van der Waals surface area contributed by atoms with E-state index in [2.05, 4.69) is 17.2 Å². The summed E-state index contributed by atoms with van der Waals surface area (Å²) in [5.74, 6) is 1.64. The van der Waals surface area contributed by atoms with E-state index in [4.69, 9.17) is 5.73 Å². The number of nitrogens with one attached hydrogen (secondary N) is 1. The largest absolute Gasteiger partial charge is 0.399 e. The molecule has 0 aliphatic heterocycles. The number of pyridine rings is 1. The summed E-state index contributed by atoms with van der Waals surface area (Å²) in [4.78, 5) is 4.31. The summed E-state index contributed by atoms with van der Waals surface area (Å²) < 4.78 is 0. The average Bonchev–Trinajstić information content (AvgIpc) is 2.45. The van der Waals surface area contributed by atoms with Gasteiger partial charge >= 0.3 is 0 Å². The van der Waals surface area contributed by atoms with Crippen molar-refractivity contribution in [3.8, 4) is 0 Å². The van der Waals surface area contributed by atoms with Gasteiger partial charge in [0.1, 0.15) is 5.82 Å². The van der Waals surface area contributed by atoms with Crippen LogP contribution in [0.1, 0.15) is 39.0 Å². The van der Waals surface area contributed by atoms with Crippen LogP contribution in [0.5, 0.6) is 0 Å². The van der Waals surface area contributed by atoms with Crippen molar-refractivity contribution in [1.82, 2.24) is 4.98 Å². The van der Waals surface area contributed by atoms with E-state index in [1.165, 1.54) is 32.1 Å². The van der Waals surface area contributed by atoms with Crippen molar-refractivity contribution in [2.24, 2.45) is 5.92 Å². The molecule has 0 aromatic carbocycles. The molecule has 2 rings (SSSR count). The molecular formula is C13H21N3. The lowest BCUT2D eigenvalue weighted by Gasteiger charge is -2.23. The molecule has 1 fully saturated rings. The van der Waals surface area contributed by atoms with Crippen LogP contribution in [0.15, 0.2) is 18.3 Å². The van der Waals surface area contributed by atoms with Crippen molar-refractivity contribution in [3.05, 3.63) is 18.3 Å². The van der Waals surface area contributed by atoms with Gasteiger partial charge in [0.25, 0.3) is 0 Å². The second-order valence-corrected chi connectivity index (χ2v) is 4.84. The number of hydrogen-bond acceptors (Lipinski definition) is 3. The van der Waals surface area contributed by atoms with Crippen molar-refractivity contribution in [3.63, 3.8) is 0 Å². The van der Waals surface area contributed by atoms with Crippen LogP contribution >= 0.6 is 0 Å². The van der Waals surface area contributed by atoms with E-state index in [1.54, 1.807) is 6.20 Å². The first-order valence-electron chi connectivity index (χ1n) is 6.24. The lowest BCUT2D eigenvalue weighted by Crippen LogP contribution is -2.26. The molecule has 0 saturated heterocycles. The van der Waals surface area contributed by atoms with E-state index in [9.17, 15) is 0 Å². The molecule has 2 atom stereocenters. The molecule has 0 bridgehead atoms. The first-order valence-corrected chi connectivity index (χ1v) is 6.24. The predicted molar refractivity (Wildman–Crippen MR) is 68.3 cm³/mol. The van der Waals surface area contributed by atoms with E-state index in [-0.39, 0.29) is 0 Å². The summed E-state index contributed by atoms with van der Waals surface area (Å²) in [5.41, 5.74) is 6.53. The van der Waals surface area contributed by atoms with E-state index in [1.807, 2.05) is 12.1 Å². The van der Waals surface area contributed by atoms with Crippen LogP contribution in [-0.2, 0) is 0 Å². The number of nitrogens with two attached hydrogens (primary N) is 1. The van der Waals surface area contributed by atoms with Gasteiger partial charge in [-0.3, -0.25) is 0 Å². The molecule has 2 unspecified atom stereocenters. The number of aromatic nitrogens is 1. The van der Waals surface area contributed by atoms with Crippen LogP contribution < -0.4 is 11.1 Å². The Morgan fingerprint density at radius 3 is 2.94 bits per heavy atom. The number of anilines is 2. The molecule has 1 aliphatic rings. The minimum atomic E-state index is 0.553. The molecule has 3 nitrogen and oxygen atoms in total. The molecule has 1 aromatic heterocycles. The second-order valence-electron chi connectivity index (χ2n) is 4.84. The Balaban J connectivity index is 2.02. The van der Waals surface area contributed by atoms with Crippen LogP contribution in [0, 0.1) is 5.92 Å². The van der Waals surface area contributed by atoms with Gasteiger partial charge in [0.2, 0.25) is 0 Å². The fourth-order valence-electron chi connectivity index (χ4n) is 2.42. The topological polar surface area (TPSA) is 50.9 Å². The maximum absolute atomic E-state index is 5.75. The van der Waals surface area contributed by atoms with Gasteiger partial charge in [-0.15, -0.1) is 0 Å². The zero-order valence-corrected chi connectivity index (χ0v) is 9.95. The van der Waals surface area contributed by atoms with Crippen molar-refractivity contribution in [1.29, 1.82) is 0 Å². The fourth-order valence-corrected chi connectivity index (χ4v) is 2.42. The molecule has 16 heavy (non-hydrogen) atoms. The van der Waals surface area contributed by atoms with Gasteiger partial charge in [-0.25, -0.2) is 4.98 Å². The summed E-state index contributed by atoms with van der Waals surface area (Å²) in [6, 6.07) is 4.29. The van der Waals surface area contributed by atoms with Gasteiger partial charge in [-0.2, -0.15) is 0 Å². The summed E-state index contributed by atoms with van der Waals surface area (Å²) >= 11 is 0. The Labute approximate surface area is 97.5 Å². The zero-order valence-electron chi connectivity index (χ0n) is 9.95. The highest BCUT2D eigenvalue weighted by Crippen LogP contribution is 2.25. The molecule has 1 aromatic rings. The average molecular weight is 219 g/mol. The molecule has 88 valence electrons. The third-order valence-electron chi connectivity index (χ3n) is 3.48. The van der Waals surface area contributed by atoms with Gasteiger partial charge < -0.3 is 11.1 Å². The van der Waals surface area contributed by atoms with E-state index in [0.717, 1.165) is 17.4 Å². The summed E-state index contributed by atoms with van der Waals surface area (Å²) in [6.45, 7) is 2.33. The van der Waals surface area contributed by atoms with Crippen LogP contribution in [0.2, 0.25) is 0 Å². The molecule has 0 amide bonds. The van der Waals surface area contributed by atoms with E-state index in [0.29, 0.717) is 6.04 Å². The third-order valence-corrected chi connectivity index (χ3v) is 3.48. The number of rotatable bonds is 2. The molecule has 0 radical (unpaired) electrons. The summed E-state index contributed by atoms with van der Waals surface area (Å²) in [5, 5.41) is 3.52. The highest BCUT2D eigenvalue weighted by Gasteiger charge is 2.19. The van der Waals surface area contributed by atoms with Crippen LogP contribution in [0.3, 0.4) is 0 Å². The minimum Gasteiger partial charge on any atom is -0.399 e. The Hall–Kier alpha value is -1.25. The van der Waals surface area contributed by atoms with Crippen molar-refractivity contribution >= 4 is 11.5 Å². The minimum absolute atomic E-state index is 0.553. The van der Waals surface area contributed by atoms with Crippen LogP contribution in [-0.4, -0.2) is 11.0 Å². The summed E-state index contributed by atoms with van der Waals surface area (Å²) in [7, 11) is 0. The Bertz CT molecular complexity index is 338. The number of hydrogen-bond donors (Lipinski definition) is 2. The molecule has 1 aliphatic carbocycles. The molecule has 3 heteroatoms. The first-order chi connectivity index (χ1) is 7.75. The normalized spacial score (nSPS) is 26.1. The third kappa shape index (κ3) is 2.87. The van der Waals surface area contributed by atoms with Crippen molar-refractivity contribution in [2.45, 2.75) is 45.1 Å². The zero-order chi connectivity index (χ0) is 11.4. The highest BCUT2D eigenvalue weighted by molar-refractivity contribution is 5.48. The quantitative estimate of drug-likeness (QED) is 0.752. The van der Waals surface area contributed by atoms with Gasteiger partial charge in [0.15, 0.2) is 0 Å². The standard InChI is InChI=1S/C13H21N3/c1-10-5-3-2-4-6-12(10)16-13-9-11(14)7-8-15-13/h7-10,12H,2-6H2,1H3,(H3,14,15,16). The Morgan fingerprint density at radius 2 is 2.12 bits per heavy atom. The molecule has 3 N–H and O–H groups in total. The lowest BCUT2D eigenvalue weighted by molar-refractivity contribution is 0.456. The molecular weight excluding hydrogens is 198 g/mol. The lowest BCUT2D eigenvalue weighted by atomic mass is 9.97. The molecule has 0 spiro atoms. The van der Waals surface area contributed by atoms with Gasteiger partial charge in [-0.05, 0) is 24.8 Å². The smallest absolute Gasteiger partial charge is 0.128 e. The number of nitrogen functional groups attached to an aromatic ring is 1. The second kappa shape index (κ2) is 5.19. The van der Waals surface area contributed by atoms with Crippen molar-refractivity contribution in [2.75, 3.05) is 11.1 Å². The van der Waals surface area contributed by atoms with E-state index >= 15 is 0 Å². The maximum atomic E-state index is 5.75. The Morgan fingerprint density at radius 1 is 1.31 bits per heavy atom. The molecule has 1 heterocycles. The maximum Gasteiger partial charge on any atom is 0.128 e. The monoisotopic (exact) mass is 219 g/mol. The molecule has 1 saturated carbocycles. The van der Waals surface area contributed by atoms with Crippen LogP contribution in [0.25, 0.3) is 0 Å².